The molecule has 0 aliphatic heterocycles. The van der Waals surface area contributed by atoms with Crippen LogP contribution in [0.5, 0.6) is 5.75 Å². The number of benzene rings is 1. The maximum atomic E-state index is 11.3. The minimum absolute atomic E-state index is 0.0549. The molecular formula is C14H19NO2. The van der Waals surface area contributed by atoms with Crippen LogP contribution in [0.2, 0.25) is 0 Å². The van der Waals surface area contributed by atoms with Crippen LogP contribution in [0.15, 0.2) is 30.3 Å². The molecule has 0 atom stereocenters. The average Bonchev–Trinajstić information content (AvgIpc) is 2.36. The summed E-state index contributed by atoms with van der Waals surface area (Å²) in [7, 11) is 0. The topological polar surface area (TPSA) is 38.3 Å². The Morgan fingerprint density at radius 1 is 1.29 bits per heavy atom. The van der Waals surface area contributed by atoms with Crippen molar-refractivity contribution in [3.8, 4) is 5.75 Å². The van der Waals surface area contributed by atoms with Crippen LogP contribution in [0.25, 0.3) is 6.08 Å². The quantitative estimate of drug-likeness (QED) is 0.767. The van der Waals surface area contributed by atoms with E-state index in [-0.39, 0.29) is 5.91 Å². The van der Waals surface area contributed by atoms with Gasteiger partial charge in [-0.2, -0.15) is 0 Å². The molecule has 0 aliphatic carbocycles. The van der Waals surface area contributed by atoms with Gasteiger partial charge in [0, 0.05) is 12.6 Å². The van der Waals surface area contributed by atoms with Gasteiger partial charge in [-0.25, -0.2) is 0 Å². The van der Waals surface area contributed by atoms with Gasteiger partial charge in [-0.1, -0.05) is 19.1 Å². The smallest absolute Gasteiger partial charge is 0.243 e. The number of ether oxygens (including phenoxy) is 1. The molecule has 1 aromatic rings. The summed E-state index contributed by atoms with van der Waals surface area (Å²) in [6, 6.07) is 7.64. The first-order valence-corrected chi connectivity index (χ1v) is 5.95. The van der Waals surface area contributed by atoms with Crippen LogP contribution in [0.4, 0.5) is 0 Å². The minimum Gasteiger partial charge on any atom is -0.494 e. The summed E-state index contributed by atoms with van der Waals surface area (Å²) in [6.45, 7) is 5.35. The zero-order valence-corrected chi connectivity index (χ0v) is 10.4. The molecule has 0 radical (unpaired) electrons. The molecule has 0 bridgehead atoms. The Labute approximate surface area is 102 Å². The van der Waals surface area contributed by atoms with Crippen molar-refractivity contribution < 1.29 is 9.53 Å². The van der Waals surface area contributed by atoms with E-state index in [4.69, 9.17) is 4.74 Å². The van der Waals surface area contributed by atoms with Crippen LogP contribution in [-0.4, -0.2) is 19.1 Å². The van der Waals surface area contributed by atoms with E-state index in [0.29, 0.717) is 13.2 Å². The van der Waals surface area contributed by atoms with Crippen molar-refractivity contribution in [1.82, 2.24) is 5.32 Å². The molecule has 0 aromatic heterocycles. The van der Waals surface area contributed by atoms with E-state index < -0.39 is 0 Å². The zero-order chi connectivity index (χ0) is 12.5. The Morgan fingerprint density at radius 3 is 2.59 bits per heavy atom. The van der Waals surface area contributed by atoms with Crippen LogP contribution in [-0.2, 0) is 4.79 Å². The molecule has 1 aromatic carbocycles. The van der Waals surface area contributed by atoms with Gasteiger partial charge >= 0.3 is 0 Å². The Bertz CT molecular complexity index is 368. The van der Waals surface area contributed by atoms with Crippen molar-refractivity contribution in [2.45, 2.75) is 20.3 Å². The zero-order valence-electron chi connectivity index (χ0n) is 10.4. The average molecular weight is 233 g/mol. The number of hydrogen-bond acceptors (Lipinski definition) is 2. The van der Waals surface area contributed by atoms with E-state index in [1.807, 2.05) is 38.1 Å². The third kappa shape index (κ3) is 5.20. The van der Waals surface area contributed by atoms with E-state index in [2.05, 4.69) is 5.32 Å². The molecule has 17 heavy (non-hydrogen) atoms. The molecule has 0 fully saturated rings. The van der Waals surface area contributed by atoms with Crippen molar-refractivity contribution in [2.24, 2.45) is 0 Å². The molecule has 0 heterocycles. The number of nitrogens with one attached hydrogen (secondary N) is 1. The fraction of sp³-hybridized carbons (Fsp3) is 0.357. The number of carbonyl (C=O) groups excluding carboxylic acids is 1. The second-order valence-electron chi connectivity index (χ2n) is 3.63. The summed E-state index contributed by atoms with van der Waals surface area (Å²) in [6.07, 6.45) is 4.29. The molecule has 0 saturated carbocycles. The lowest BCUT2D eigenvalue weighted by molar-refractivity contribution is -0.116. The monoisotopic (exact) mass is 233 g/mol. The second kappa shape index (κ2) is 7.49. The third-order valence-corrected chi connectivity index (χ3v) is 2.17. The summed E-state index contributed by atoms with van der Waals surface area (Å²) in [5.41, 5.74) is 0.986. The standard InChI is InChI=1S/C14H19NO2/c1-3-11-15-14(16)10-7-12-5-8-13(9-6-12)17-4-2/h5-10H,3-4,11H2,1-2H3,(H,15,16)/b10-7+. The van der Waals surface area contributed by atoms with Gasteiger partial charge < -0.3 is 10.1 Å². The van der Waals surface area contributed by atoms with Crippen LogP contribution in [0.1, 0.15) is 25.8 Å². The van der Waals surface area contributed by atoms with Crippen molar-refractivity contribution >= 4 is 12.0 Å². The summed E-state index contributed by atoms with van der Waals surface area (Å²) in [5.74, 6) is 0.792. The van der Waals surface area contributed by atoms with Gasteiger partial charge in [0.15, 0.2) is 0 Å². The van der Waals surface area contributed by atoms with Gasteiger partial charge in [0.25, 0.3) is 0 Å². The van der Waals surface area contributed by atoms with Gasteiger partial charge in [-0.05, 0) is 37.1 Å². The predicted octanol–water partition coefficient (Wildman–Crippen LogP) is 2.62. The van der Waals surface area contributed by atoms with Crippen LogP contribution < -0.4 is 10.1 Å². The fourth-order valence-corrected chi connectivity index (χ4v) is 1.32. The molecule has 92 valence electrons. The van der Waals surface area contributed by atoms with E-state index in [1.165, 1.54) is 0 Å². The molecule has 0 spiro atoms. The predicted molar refractivity (Wildman–Crippen MR) is 69.9 cm³/mol. The molecule has 1 N–H and O–H groups in total. The summed E-state index contributed by atoms with van der Waals surface area (Å²) in [4.78, 5) is 11.3. The lowest BCUT2D eigenvalue weighted by Gasteiger charge is -2.02. The van der Waals surface area contributed by atoms with Gasteiger partial charge in [0.2, 0.25) is 5.91 Å². The lowest BCUT2D eigenvalue weighted by Crippen LogP contribution is -2.21. The summed E-state index contributed by atoms with van der Waals surface area (Å²) >= 11 is 0. The molecular weight excluding hydrogens is 214 g/mol. The highest BCUT2D eigenvalue weighted by molar-refractivity contribution is 5.91. The first-order valence-electron chi connectivity index (χ1n) is 5.95. The van der Waals surface area contributed by atoms with Gasteiger partial charge in [0.05, 0.1) is 6.61 Å². The first-order chi connectivity index (χ1) is 8.26. The normalized spacial score (nSPS) is 10.5. The molecule has 3 heteroatoms. The second-order valence-corrected chi connectivity index (χ2v) is 3.63. The van der Waals surface area contributed by atoms with Crippen molar-refractivity contribution in [3.63, 3.8) is 0 Å². The van der Waals surface area contributed by atoms with Crippen molar-refractivity contribution in [2.75, 3.05) is 13.2 Å². The maximum absolute atomic E-state index is 11.3. The molecule has 3 nitrogen and oxygen atoms in total. The highest BCUT2D eigenvalue weighted by atomic mass is 16.5. The number of amides is 1. The van der Waals surface area contributed by atoms with Gasteiger partial charge in [0.1, 0.15) is 5.75 Å². The van der Waals surface area contributed by atoms with E-state index >= 15 is 0 Å². The molecule has 1 rings (SSSR count). The minimum atomic E-state index is -0.0549. The number of hydrogen-bond donors (Lipinski definition) is 1. The highest BCUT2D eigenvalue weighted by Gasteiger charge is 1.94. The van der Waals surface area contributed by atoms with Crippen LogP contribution in [0.3, 0.4) is 0 Å². The SMILES string of the molecule is CCCNC(=O)/C=C/c1ccc(OCC)cc1. The number of carbonyl (C=O) groups is 1. The Hall–Kier alpha value is -1.77. The Kier molecular flexibility index (Phi) is 5.86. The highest BCUT2D eigenvalue weighted by Crippen LogP contribution is 2.12. The summed E-state index contributed by atoms with van der Waals surface area (Å²) < 4.78 is 5.34. The maximum Gasteiger partial charge on any atom is 0.243 e. The summed E-state index contributed by atoms with van der Waals surface area (Å²) in [5, 5.41) is 2.78. The lowest BCUT2D eigenvalue weighted by atomic mass is 10.2. The van der Waals surface area contributed by atoms with E-state index in [1.54, 1.807) is 12.2 Å². The van der Waals surface area contributed by atoms with Crippen molar-refractivity contribution in [1.29, 1.82) is 0 Å². The van der Waals surface area contributed by atoms with Gasteiger partial charge in [-0.15, -0.1) is 0 Å². The third-order valence-electron chi connectivity index (χ3n) is 2.17. The van der Waals surface area contributed by atoms with Crippen molar-refractivity contribution in [3.05, 3.63) is 35.9 Å². The van der Waals surface area contributed by atoms with Crippen LogP contribution in [0, 0.1) is 0 Å². The Morgan fingerprint density at radius 2 is 2.00 bits per heavy atom. The molecule has 1 amide bonds. The molecule has 0 aliphatic rings. The molecule has 0 saturated heterocycles. The first kappa shape index (κ1) is 13.3. The van der Waals surface area contributed by atoms with Crippen LogP contribution >= 0.6 is 0 Å². The number of rotatable bonds is 6. The fourth-order valence-electron chi connectivity index (χ4n) is 1.32. The largest absolute Gasteiger partial charge is 0.494 e. The van der Waals surface area contributed by atoms with Gasteiger partial charge in [-0.3, -0.25) is 4.79 Å². The Balaban J connectivity index is 2.50. The van der Waals surface area contributed by atoms with E-state index in [9.17, 15) is 4.79 Å². The molecule has 0 unspecified atom stereocenters. The van der Waals surface area contributed by atoms with E-state index in [0.717, 1.165) is 17.7 Å².